The highest BCUT2D eigenvalue weighted by Gasteiger charge is 2.28. The maximum atomic E-state index is 12.2. The fraction of sp³-hybridized carbons (Fsp3) is 0.389. The molecule has 1 amide bonds. The van der Waals surface area contributed by atoms with Gasteiger partial charge in [0.1, 0.15) is 5.70 Å². The minimum Gasteiger partial charge on any atom is -0.379 e. The summed E-state index contributed by atoms with van der Waals surface area (Å²) in [5.74, 6) is 0.334. The number of nitrogens with zero attached hydrogens (tertiary/aromatic N) is 2. The first kappa shape index (κ1) is 16.2. The van der Waals surface area contributed by atoms with Crippen molar-refractivity contribution >= 4 is 39.5 Å². The van der Waals surface area contributed by atoms with E-state index in [2.05, 4.69) is 20.6 Å². The first-order valence-electron chi connectivity index (χ1n) is 8.47. The third kappa shape index (κ3) is 3.43. The Morgan fingerprint density at radius 2 is 2.24 bits per heavy atom. The van der Waals surface area contributed by atoms with Crippen LogP contribution < -0.4 is 10.6 Å². The number of aromatic nitrogens is 1. The summed E-state index contributed by atoms with van der Waals surface area (Å²) in [6.07, 6.45) is 6.37. The molecule has 2 heterocycles. The zero-order valence-corrected chi connectivity index (χ0v) is 14.8. The zero-order valence-electron chi connectivity index (χ0n) is 14.0. The van der Waals surface area contributed by atoms with Gasteiger partial charge in [0.2, 0.25) is 5.96 Å². The minimum atomic E-state index is -0.184. The summed E-state index contributed by atoms with van der Waals surface area (Å²) in [5, 5.41) is 6.15. The van der Waals surface area contributed by atoms with Crippen molar-refractivity contribution in [3.05, 3.63) is 35.0 Å². The molecule has 2 atom stereocenters. The highest BCUT2D eigenvalue weighted by molar-refractivity contribution is 7.16. The number of ether oxygens (including phenoxy) is 1. The quantitative estimate of drug-likeness (QED) is 0.829. The molecule has 1 saturated carbocycles. The number of benzene rings is 1. The molecule has 1 aromatic carbocycles. The van der Waals surface area contributed by atoms with Gasteiger partial charge in [0.15, 0.2) is 0 Å². The molecule has 6 nitrogen and oxygen atoms in total. The molecule has 0 bridgehead atoms. The number of hydrogen-bond acceptors (Lipinski definition) is 6. The van der Waals surface area contributed by atoms with Gasteiger partial charge in [-0.1, -0.05) is 18.9 Å². The molecular weight excluding hydrogens is 336 g/mol. The summed E-state index contributed by atoms with van der Waals surface area (Å²) in [6.45, 7) is 0. The third-order valence-electron chi connectivity index (χ3n) is 4.68. The number of carbonyl (C=O) groups excluding carboxylic acids is 1. The van der Waals surface area contributed by atoms with E-state index in [1.165, 1.54) is 6.42 Å². The number of amides is 1. The topological polar surface area (TPSA) is 75.6 Å². The van der Waals surface area contributed by atoms with Crippen molar-refractivity contribution in [2.45, 2.75) is 37.8 Å². The number of rotatable bonds is 3. The number of aliphatic imine (C=N–C) groups is 1. The lowest BCUT2D eigenvalue weighted by Crippen LogP contribution is -2.49. The van der Waals surface area contributed by atoms with Crippen LogP contribution in [0.25, 0.3) is 16.3 Å². The van der Waals surface area contributed by atoms with Crippen molar-refractivity contribution in [1.82, 2.24) is 15.6 Å². The van der Waals surface area contributed by atoms with E-state index in [1.54, 1.807) is 24.5 Å². The predicted molar refractivity (Wildman–Crippen MR) is 99.4 cm³/mol. The molecule has 4 rings (SSSR count). The van der Waals surface area contributed by atoms with E-state index in [1.807, 2.05) is 23.7 Å². The smallest absolute Gasteiger partial charge is 0.276 e. The average molecular weight is 356 g/mol. The van der Waals surface area contributed by atoms with Gasteiger partial charge in [-0.2, -0.15) is 0 Å². The Hall–Kier alpha value is -2.25. The normalized spacial score (nSPS) is 25.2. The fourth-order valence-electron chi connectivity index (χ4n) is 3.38. The van der Waals surface area contributed by atoms with Crippen molar-refractivity contribution in [2.24, 2.45) is 4.99 Å². The largest absolute Gasteiger partial charge is 0.379 e. The highest BCUT2D eigenvalue weighted by atomic mass is 32.1. The Labute approximate surface area is 150 Å². The molecule has 0 unspecified atom stereocenters. The molecular formula is C18H20N4O2S. The van der Waals surface area contributed by atoms with Crippen LogP contribution in [0.15, 0.2) is 34.4 Å². The summed E-state index contributed by atoms with van der Waals surface area (Å²) < 4.78 is 6.64. The van der Waals surface area contributed by atoms with Gasteiger partial charge in [-0.25, -0.2) is 9.98 Å². The zero-order chi connectivity index (χ0) is 17.2. The van der Waals surface area contributed by atoms with Crippen LogP contribution in [0.3, 0.4) is 0 Å². The first-order valence-corrected chi connectivity index (χ1v) is 9.35. The van der Waals surface area contributed by atoms with Crippen LogP contribution >= 0.6 is 11.3 Å². The van der Waals surface area contributed by atoms with E-state index in [9.17, 15) is 4.79 Å². The van der Waals surface area contributed by atoms with Crippen LogP contribution in [0.5, 0.6) is 0 Å². The van der Waals surface area contributed by atoms with Crippen molar-refractivity contribution in [1.29, 1.82) is 0 Å². The number of guanidine groups is 1. The van der Waals surface area contributed by atoms with Gasteiger partial charge in [0.25, 0.3) is 5.91 Å². The van der Waals surface area contributed by atoms with Crippen LogP contribution in [0.2, 0.25) is 0 Å². The van der Waals surface area contributed by atoms with Gasteiger partial charge >= 0.3 is 0 Å². The molecule has 0 saturated heterocycles. The molecule has 2 N–H and O–H groups in total. The van der Waals surface area contributed by atoms with E-state index in [4.69, 9.17) is 4.74 Å². The van der Waals surface area contributed by atoms with Gasteiger partial charge in [0.05, 0.1) is 27.9 Å². The van der Waals surface area contributed by atoms with Crippen molar-refractivity contribution in [3.63, 3.8) is 0 Å². The number of thiazole rings is 1. The van der Waals surface area contributed by atoms with E-state index in [-0.39, 0.29) is 18.1 Å². The Bertz CT molecular complexity index is 858. The molecule has 25 heavy (non-hydrogen) atoms. The maximum Gasteiger partial charge on any atom is 0.276 e. The molecule has 1 aromatic heterocycles. The molecule has 1 fully saturated rings. The second kappa shape index (κ2) is 6.93. The number of carbonyl (C=O) groups is 1. The Kier molecular flexibility index (Phi) is 4.50. The fourth-order valence-corrected chi connectivity index (χ4v) is 4.10. The van der Waals surface area contributed by atoms with Crippen LogP contribution in [-0.2, 0) is 9.53 Å². The highest BCUT2D eigenvalue weighted by Crippen LogP contribution is 2.23. The van der Waals surface area contributed by atoms with Crippen LogP contribution in [-0.4, -0.2) is 36.1 Å². The van der Waals surface area contributed by atoms with Crippen LogP contribution in [0, 0.1) is 0 Å². The standard InChI is InChI=1S/C18H20N4O2S/c1-24-15-5-3-2-4-12(15)20-18-21-14(17(23)22-18)8-11-6-7-13-16(9-11)25-10-19-13/h6-10,12,15H,2-5H2,1H3,(H2,20,21,22,23)/b14-8-/t12-,15-/m1/s1. The molecule has 130 valence electrons. The molecule has 1 aliphatic heterocycles. The summed E-state index contributed by atoms with van der Waals surface area (Å²) in [4.78, 5) is 20.9. The number of methoxy groups -OCH3 is 1. The molecule has 0 radical (unpaired) electrons. The number of fused-ring (bicyclic) bond motifs is 1. The molecule has 2 aromatic rings. The van der Waals surface area contributed by atoms with Crippen molar-refractivity contribution in [2.75, 3.05) is 7.11 Å². The lowest BCUT2D eigenvalue weighted by atomic mass is 9.92. The summed E-state index contributed by atoms with van der Waals surface area (Å²) in [7, 11) is 1.74. The van der Waals surface area contributed by atoms with E-state index in [0.29, 0.717) is 11.7 Å². The number of hydrogen-bond donors (Lipinski definition) is 2. The second-order valence-corrected chi connectivity index (χ2v) is 7.22. The Morgan fingerprint density at radius 1 is 1.36 bits per heavy atom. The molecule has 1 aliphatic carbocycles. The van der Waals surface area contributed by atoms with E-state index < -0.39 is 0 Å². The monoisotopic (exact) mass is 356 g/mol. The third-order valence-corrected chi connectivity index (χ3v) is 5.47. The summed E-state index contributed by atoms with van der Waals surface area (Å²) >= 11 is 1.58. The van der Waals surface area contributed by atoms with Gasteiger partial charge in [-0.05, 0) is 36.6 Å². The second-order valence-electron chi connectivity index (χ2n) is 6.33. The van der Waals surface area contributed by atoms with E-state index >= 15 is 0 Å². The molecule has 2 aliphatic rings. The molecule has 7 heteroatoms. The van der Waals surface area contributed by atoms with Crippen molar-refractivity contribution in [3.8, 4) is 0 Å². The number of nitrogens with one attached hydrogen (secondary N) is 2. The van der Waals surface area contributed by atoms with Gasteiger partial charge in [-0.15, -0.1) is 11.3 Å². The summed E-state index contributed by atoms with van der Waals surface area (Å²) in [5.41, 5.74) is 4.15. The minimum absolute atomic E-state index is 0.162. The SMILES string of the molecule is CO[C@@H]1CCCC[C@H]1NC1=N/C(=C\c2ccc3ncsc3c2)C(=O)N1. The Balaban J connectivity index is 1.53. The predicted octanol–water partition coefficient (Wildman–Crippen LogP) is 2.67. The average Bonchev–Trinajstić information content (AvgIpc) is 3.22. The van der Waals surface area contributed by atoms with Crippen LogP contribution in [0.1, 0.15) is 31.2 Å². The Morgan fingerprint density at radius 3 is 3.12 bits per heavy atom. The lowest BCUT2D eigenvalue weighted by molar-refractivity contribution is -0.115. The first-order chi connectivity index (χ1) is 12.2. The van der Waals surface area contributed by atoms with Crippen LogP contribution in [0.4, 0.5) is 0 Å². The summed E-state index contributed by atoms with van der Waals surface area (Å²) in [6, 6.07) is 6.12. The molecule has 0 spiro atoms. The maximum absolute atomic E-state index is 12.2. The van der Waals surface area contributed by atoms with Gasteiger partial charge in [0, 0.05) is 7.11 Å². The van der Waals surface area contributed by atoms with Crippen molar-refractivity contribution < 1.29 is 9.53 Å². The van der Waals surface area contributed by atoms with E-state index in [0.717, 1.165) is 35.0 Å². The van der Waals surface area contributed by atoms with Gasteiger partial charge < -0.3 is 10.1 Å². The lowest BCUT2D eigenvalue weighted by Gasteiger charge is -2.31. The van der Waals surface area contributed by atoms with Gasteiger partial charge in [-0.3, -0.25) is 10.1 Å².